The number of rotatable bonds is 10. The fraction of sp³-hybridized carbons (Fsp3) is 0.308. The maximum Gasteiger partial charge on any atom is 0.341 e. The van der Waals surface area contributed by atoms with E-state index >= 15 is 0 Å². The molecule has 1 unspecified atom stereocenters. The summed E-state index contributed by atoms with van der Waals surface area (Å²) in [5, 5.41) is 14.3. The largest absolute Gasteiger partial charge is 0.497 e. The topological polar surface area (TPSA) is 118 Å². The van der Waals surface area contributed by atoms with Gasteiger partial charge in [-0.2, -0.15) is 0 Å². The highest BCUT2D eigenvalue weighted by Crippen LogP contribution is 2.37. The molecule has 0 radical (unpaired) electrons. The second-order valence-corrected chi connectivity index (χ2v) is 10.3. The van der Waals surface area contributed by atoms with Crippen LogP contribution in [0.3, 0.4) is 0 Å². The van der Waals surface area contributed by atoms with Crippen molar-refractivity contribution in [3.8, 4) is 28.5 Å². The molecule has 0 spiro atoms. The zero-order chi connectivity index (χ0) is 26.5. The lowest BCUT2D eigenvalue weighted by molar-refractivity contribution is -0.113. The summed E-state index contributed by atoms with van der Waals surface area (Å²) in [5.41, 5.74) is 1.79. The highest BCUT2D eigenvalue weighted by atomic mass is 32.2. The number of methoxy groups -OCH3 is 2. The molecule has 1 fully saturated rings. The van der Waals surface area contributed by atoms with Crippen LogP contribution >= 0.6 is 23.1 Å². The van der Waals surface area contributed by atoms with E-state index in [1.165, 1.54) is 30.2 Å². The number of thioether (sulfide) groups is 1. The normalized spacial score (nSPS) is 14.9. The van der Waals surface area contributed by atoms with Gasteiger partial charge >= 0.3 is 5.97 Å². The molecule has 0 bridgehead atoms. The summed E-state index contributed by atoms with van der Waals surface area (Å²) in [6.07, 6.45) is 3.60. The average molecular weight is 555 g/mol. The Morgan fingerprint density at radius 1 is 1.21 bits per heavy atom. The monoisotopic (exact) mass is 554 g/mol. The summed E-state index contributed by atoms with van der Waals surface area (Å²) in [6, 6.07) is 10.9. The highest BCUT2D eigenvalue weighted by molar-refractivity contribution is 7.99. The lowest BCUT2D eigenvalue weighted by atomic mass is 10.0. The predicted octanol–water partition coefficient (Wildman–Crippen LogP) is 4.97. The van der Waals surface area contributed by atoms with Crippen molar-refractivity contribution in [2.45, 2.75) is 30.6 Å². The Labute approximate surface area is 227 Å². The number of carbonyl (C=O) groups is 2. The van der Waals surface area contributed by atoms with Gasteiger partial charge in [0.25, 0.3) is 0 Å². The molecule has 4 heterocycles. The number of hydrogen-bond donors (Lipinski definition) is 1. The van der Waals surface area contributed by atoms with Gasteiger partial charge in [-0.1, -0.05) is 23.9 Å². The van der Waals surface area contributed by atoms with Crippen LogP contribution in [0.2, 0.25) is 0 Å². The molecule has 198 valence electrons. The van der Waals surface area contributed by atoms with Crippen LogP contribution in [-0.2, 0) is 20.8 Å². The van der Waals surface area contributed by atoms with Gasteiger partial charge in [0, 0.05) is 17.6 Å². The molecule has 5 rings (SSSR count). The molecule has 10 nitrogen and oxygen atoms in total. The minimum absolute atomic E-state index is 0.0537. The molecular weight excluding hydrogens is 528 g/mol. The van der Waals surface area contributed by atoms with Gasteiger partial charge in [-0.25, -0.2) is 4.79 Å². The number of ether oxygens (including phenoxy) is 3. The fourth-order valence-corrected chi connectivity index (χ4v) is 5.89. The number of aromatic nitrogens is 3. The maximum atomic E-state index is 13.0. The van der Waals surface area contributed by atoms with Crippen LogP contribution in [0, 0.1) is 0 Å². The van der Waals surface area contributed by atoms with Gasteiger partial charge in [0.1, 0.15) is 16.3 Å². The molecule has 0 aliphatic carbocycles. The molecule has 4 aromatic rings. The zero-order valence-electron chi connectivity index (χ0n) is 20.8. The second kappa shape index (κ2) is 11.8. The van der Waals surface area contributed by atoms with E-state index in [4.69, 9.17) is 18.6 Å². The van der Waals surface area contributed by atoms with E-state index in [9.17, 15) is 9.59 Å². The Kier molecular flexibility index (Phi) is 8.11. The van der Waals surface area contributed by atoms with Gasteiger partial charge < -0.3 is 23.9 Å². The van der Waals surface area contributed by atoms with Crippen LogP contribution in [0.25, 0.3) is 22.7 Å². The van der Waals surface area contributed by atoms with Crippen LogP contribution < -0.4 is 10.1 Å². The first-order chi connectivity index (χ1) is 18.6. The van der Waals surface area contributed by atoms with E-state index in [2.05, 4.69) is 15.5 Å². The van der Waals surface area contributed by atoms with Crippen molar-refractivity contribution in [1.82, 2.24) is 14.8 Å². The van der Waals surface area contributed by atoms with Crippen LogP contribution in [-0.4, -0.2) is 59.3 Å². The lowest BCUT2D eigenvalue weighted by Gasteiger charge is -2.14. The number of esters is 1. The van der Waals surface area contributed by atoms with E-state index in [1.54, 1.807) is 19.4 Å². The molecule has 1 saturated heterocycles. The van der Waals surface area contributed by atoms with Crippen molar-refractivity contribution in [3.63, 3.8) is 0 Å². The number of furan rings is 1. The Morgan fingerprint density at radius 2 is 2.05 bits per heavy atom. The number of anilines is 1. The van der Waals surface area contributed by atoms with Gasteiger partial charge in [-0.3, -0.25) is 9.36 Å². The number of hydrogen-bond acceptors (Lipinski definition) is 10. The summed E-state index contributed by atoms with van der Waals surface area (Å²) < 4.78 is 23.5. The predicted molar refractivity (Wildman–Crippen MR) is 144 cm³/mol. The van der Waals surface area contributed by atoms with Gasteiger partial charge in [0.15, 0.2) is 10.9 Å². The Bertz CT molecular complexity index is 1390. The number of nitrogens with one attached hydrogen (secondary N) is 1. The average Bonchev–Trinajstić information content (AvgIpc) is 3.75. The molecular formula is C26H26N4O6S2. The number of thiophene rings is 1. The van der Waals surface area contributed by atoms with Crippen molar-refractivity contribution < 1.29 is 28.2 Å². The van der Waals surface area contributed by atoms with Gasteiger partial charge in [0.2, 0.25) is 11.7 Å². The molecule has 0 saturated carbocycles. The van der Waals surface area contributed by atoms with E-state index in [1.807, 2.05) is 40.3 Å². The first kappa shape index (κ1) is 26.0. The SMILES string of the molecule is COC(=O)c1c(-c2ccc(OC)cc2)csc1NC(=O)CSc1nnc(-c2ccco2)n1CC1CCCO1. The molecule has 1 amide bonds. The van der Waals surface area contributed by atoms with E-state index in [0.29, 0.717) is 45.2 Å². The van der Waals surface area contributed by atoms with Crippen molar-refractivity contribution in [3.05, 3.63) is 53.6 Å². The molecule has 38 heavy (non-hydrogen) atoms. The minimum Gasteiger partial charge on any atom is -0.497 e. The van der Waals surface area contributed by atoms with Crippen LogP contribution in [0.5, 0.6) is 5.75 Å². The Balaban J connectivity index is 1.32. The van der Waals surface area contributed by atoms with Crippen molar-refractivity contribution in [1.29, 1.82) is 0 Å². The highest BCUT2D eigenvalue weighted by Gasteiger charge is 2.25. The van der Waals surface area contributed by atoms with E-state index < -0.39 is 5.97 Å². The lowest BCUT2D eigenvalue weighted by Crippen LogP contribution is -2.18. The summed E-state index contributed by atoms with van der Waals surface area (Å²) in [7, 11) is 2.91. The first-order valence-corrected chi connectivity index (χ1v) is 13.8. The first-order valence-electron chi connectivity index (χ1n) is 11.9. The summed E-state index contributed by atoms with van der Waals surface area (Å²) >= 11 is 2.52. The van der Waals surface area contributed by atoms with Crippen molar-refractivity contribution in [2.24, 2.45) is 0 Å². The Hall–Kier alpha value is -3.61. The molecule has 1 N–H and O–H groups in total. The molecule has 1 aromatic carbocycles. The smallest absolute Gasteiger partial charge is 0.341 e. The number of nitrogens with zero attached hydrogens (tertiary/aromatic N) is 3. The maximum absolute atomic E-state index is 13.0. The van der Waals surface area contributed by atoms with Gasteiger partial charge in [-0.05, 0) is 42.7 Å². The van der Waals surface area contributed by atoms with E-state index in [-0.39, 0.29) is 17.8 Å². The fourth-order valence-electron chi connectivity index (χ4n) is 4.17. The summed E-state index contributed by atoms with van der Waals surface area (Å²) in [5.74, 6) is 1.15. The molecule has 1 aliphatic heterocycles. The van der Waals surface area contributed by atoms with Gasteiger partial charge in [0.05, 0.1) is 38.9 Å². The third-order valence-corrected chi connectivity index (χ3v) is 7.90. The minimum atomic E-state index is -0.528. The van der Waals surface area contributed by atoms with E-state index in [0.717, 1.165) is 25.0 Å². The summed E-state index contributed by atoms with van der Waals surface area (Å²) in [6.45, 7) is 1.30. The van der Waals surface area contributed by atoms with Gasteiger partial charge in [-0.15, -0.1) is 21.5 Å². The zero-order valence-corrected chi connectivity index (χ0v) is 22.5. The van der Waals surface area contributed by atoms with Crippen LogP contribution in [0.15, 0.2) is 57.6 Å². The molecule has 3 aromatic heterocycles. The number of amides is 1. The number of carbonyl (C=O) groups excluding carboxylic acids is 2. The molecule has 12 heteroatoms. The standard InChI is InChI=1S/C26H26N4O6S2/c1-33-17-9-7-16(8-10-17)19-14-37-24(22(19)25(32)34-2)27-21(31)15-38-26-29-28-23(20-6-4-12-36-20)30(26)13-18-5-3-11-35-18/h4,6-10,12,14,18H,3,5,11,13,15H2,1-2H3,(H,27,31). The van der Waals surface area contributed by atoms with Crippen molar-refractivity contribution in [2.75, 3.05) is 31.9 Å². The van der Waals surface area contributed by atoms with Crippen LogP contribution in [0.1, 0.15) is 23.2 Å². The quantitative estimate of drug-likeness (QED) is 0.214. The molecule has 1 atom stereocenters. The molecule has 1 aliphatic rings. The Morgan fingerprint density at radius 3 is 2.74 bits per heavy atom. The third-order valence-electron chi connectivity index (χ3n) is 6.04. The van der Waals surface area contributed by atoms with Crippen molar-refractivity contribution >= 4 is 40.0 Å². The van der Waals surface area contributed by atoms with Crippen LogP contribution in [0.4, 0.5) is 5.00 Å². The number of benzene rings is 1. The summed E-state index contributed by atoms with van der Waals surface area (Å²) in [4.78, 5) is 25.6. The third kappa shape index (κ3) is 5.62. The second-order valence-electron chi connectivity index (χ2n) is 8.44.